The Hall–Kier alpha value is -5.21. The molecule has 0 spiro atoms. The summed E-state index contributed by atoms with van der Waals surface area (Å²) in [4.78, 5) is 2.43. The number of rotatable bonds is 4. The molecule has 0 aromatic heterocycles. The van der Waals surface area contributed by atoms with Crippen molar-refractivity contribution in [2.45, 2.75) is 19.3 Å². The minimum atomic E-state index is -3.26. The lowest BCUT2D eigenvalue weighted by molar-refractivity contribution is 0.592. The molecule has 7 aromatic rings. The highest BCUT2D eigenvalue weighted by Gasteiger charge is 2.53. The van der Waals surface area contributed by atoms with Gasteiger partial charge >= 0.3 is 0 Å². The molecule has 236 valence electrons. The maximum atomic E-state index is 16.2. The Labute approximate surface area is 289 Å². The number of para-hydroxylation sites is 2. The van der Waals surface area contributed by atoms with Crippen LogP contribution < -0.4 is 41.6 Å². The van der Waals surface area contributed by atoms with Crippen LogP contribution in [0.25, 0.3) is 0 Å². The minimum absolute atomic E-state index is 0.160. The quantitative estimate of drug-likeness (QED) is 0.147. The monoisotopic (exact) mass is 665 g/mol. The molecule has 2 nitrogen and oxygen atoms in total. The number of hydrogen-bond acceptors (Lipinski definition) is 2. The highest BCUT2D eigenvalue weighted by molar-refractivity contribution is 7.87. The molecule has 0 radical (unpaired) electrons. The Morgan fingerprint density at radius 3 is 1.55 bits per heavy atom. The van der Waals surface area contributed by atoms with E-state index < -0.39 is 15.2 Å². The van der Waals surface area contributed by atoms with Gasteiger partial charge in [0.1, 0.15) is 0 Å². The van der Waals surface area contributed by atoms with Gasteiger partial charge in [0.15, 0.2) is 15.2 Å². The lowest BCUT2D eigenvalue weighted by Crippen LogP contribution is -2.82. The second kappa shape index (κ2) is 11.2. The van der Waals surface area contributed by atoms with E-state index in [9.17, 15) is 0 Å². The standard InChI is InChI=1S/C45H36NOPSi/c1-45(2)37-24-12-14-26-39(37)46(40-27-15-13-25-38(40)45)33-30-31-42-44(32-33)49(35-20-8-4-9-21-35,36-22-10-5-11-23-36)43-29-17-16-28-41(43)48(42,47)34-18-6-3-7-19-34/h3-32H,1-2H3. The van der Waals surface area contributed by atoms with Crippen LogP contribution in [-0.4, -0.2) is 8.07 Å². The third kappa shape index (κ3) is 4.16. The summed E-state index contributed by atoms with van der Waals surface area (Å²) in [5, 5.41) is 7.73. The zero-order valence-electron chi connectivity index (χ0n) is 27.6. The largest absolute Gasteiger partial charge is 0.310 e. The molecule has 0 saturated carbocycles. The van der Waals surface area contributed by atoms with Crippen LogP contribution in [0.15, 0.2) is 182 Å². The van der Waals surface area contributed by atoms with Crippen molar-refractivity contribution < 1.29 is 4.57 Å². The first-order valence-electron chi connectivity index (χ1n) is 17.0. The van der Waals surface area contributed by atoms with Crippen molar-refractivity contribution in [3.63, 3.8) is 0 Å². The van der Waals surface area contributed by atoms with Gasteiger partial charge in [0.05, 0.1) is 11.4 Å². The van der Waals surface area contributed by atoms with E-state index in [2.05, 4.69) is 170 Å². The fourth-order valence-corrected chi connectivity index (χ4v) is 18.3. The molecular formula is C45H36NOPSi. The van der Waals surface area contributed by atoms with Gasteiger partial charge in [-0.25, -0.2) is 0 Å². The molecular weight excluding hydrogens is 630 g/mol. The van der Waals surface area contributed by atoms with E-state index in [-0.39, 0.29) is 5.41 Å². The van der Waals surface area contributed by atoms with E-state index in [1.54, 1.807) is 0 Å². The summed E-state index contributed by atoms with van der Waals surface area (Å²) in [6.07, 6.45) is 0. The van der Waals surface area contributed by atoms with E-state index in [1.807, 2.05) is 30.3 Å². The van der Waals surface area contributed by atoms with Crippen molar-refractivity contribution in [2.24, 2.45) is 0 Å². The number of anilines is 3. The first-order valence-corrected chi connectivity index (χ1v) is 20.7. The van der Waals surface area contributed by atoms with Crippen molar-refractivity contribution in [3.8, 4) is 0 Å². The normalized spacial score (nSPS) is 18.0. The lowest BCUT2D eigenvalue weighted by Gasteiger charge is -2.45. The van der Waals surface area contributed by atoms with Crippen LogP contribution in [-0.2, 0) is 9.98 Å². The lowest BCUT2D eigenvalue weighted by atomic mass is 9.73. The Balaban J connectivity index is 1.43. The number of nitrogens with zero attached hydrogens (tertiary/aromatic N) is 1. The molecule has 9 rings (SSSR count). The molecule has 0 bridgehead atoms. The Morgan fingerprint density at radius 2 is 0.959 bits per heavy atom. The first kappa shape index (κ1) is 29.9. The fourth-order valence-electron chi connectivity index (χ4n) is 8.61. The van der Waals surface area contributed by atoms with Gasteiger partial charge in [-0.05, 0) is 62.2 Å². The fraction of sp³-hybridized carbons (Fsp3) is 0.0667. The second-order valence-electron chi connectivity index (χ2n) is 13.6. The Bertz CT molecular complexity index is 2320. The third-order valence-corrected chi connectivity index (χ3v) is 19.2. The maximum Gasteiger partial charge on any atom is 0.181 e. The predicted molar refractivity (Wildman–Crippen MR) is 210 cm³/mol. The average Bonchev–Trinajstić information content (AvgIpc) is 3.16. The molecule has 2 aliphatic rings. The summed E-state index contributed by atoms with van der Waals surface area (Å²) >= 11 is 0. The second-order valence-corrected chi connectivity index (χ2v) is 20.1. The van der Waals surface area contributed by atoms with Crippen molar-refractivity contribution >= 4 is 68.9 Å². The van der Waals surface area contributed by atoms with Gasteiger partial charge in [0.25, 0.3) is 0 Å². The van der Waals surface area contributed by atoms with E-state index in [4.69, 9.17) is 0 Å². The summed E-state index contributed by atoms with van der Waals surface area (Å²) in [6.45, 7) is 4.65. The Kier molecular flexibility index (Phi) is 6.81. The highest BCUT2D eigenvalue weighted by atomic mass is 31.2. The zero-order valence-corrected chi connectivity index (χ0v) is 29.5. The Morgan fingerprint density at radius 1 is 0.490 bits per heavy atom. The number of fused-ring (bicyclic) bond motifs is 4. The SMILES string of the molecule is CC1(C)c2ccccc2N(c2ccc3c(c2)[Si](c2ccccc2)(c2ccccc2)c2ccccc2P3(=O)c2ccccc2)c2ccccc21. The molecule has 0 saturated heterocycles. The molecule has 0 N–H and O–H groups in total. The predicted octanol–water partition coefficient (Wildman–Crippen LogP) is 7.13. The van der Waals surface area contributed by atoms with Gasteiger partial charge in [-0.15, -0.1) is 0 Å². The first-order chi connectivity index (χ1) is 24.0. The number of hydrogen-bond donors (Lipinski definition) is 0. The van der Waals surface area contributed by atoms with Crippen molar-refractivity contribution in [1.29, 1.82) is 0 Å². The van der Waals surface area contributed by atoms with Crippen LogP contribution >= 0.6 is 7.14 Å². The number of benzene rings is 7. The summed E-state index contributed by atoms with van der Waals surface area (Å²) in [5.74, 6) is 0. The smallest absolute Gasteiger partial charge is 0.181 e. The zero-order chi connectivity index (χ0) is 33.2. The molecule has 2 aliphatic heterocycles. The van der Waals surface area contributed by atoms with E-state index >= 15 is 4.57 Å². The molecule has 1 unspecified atom stereocenters. The van der Waals surface area contributed by atoms with E-state index in [0.717, 1.165) is 21.6 Å². The third-order valence-electron chi connectivity index (χ3n) is 10.8. The van der Waals surface area contributed by atoms with E-state index in [1.165, 1.54) is 43.2 Å². The van der Waals surface area contributed by atoms with Gasteiger partial charge in [-0.3, -0.25) is 0 Å². The summed E-state index contributed by atoms with van der Waals surface area (Å²) in [7, 11) is -6.27. The van der Waals surface area contributed by atoms with Crippen LogP contribution in [0, 0.1) is 0 Å². The molecule has 7 aromatic carbocycles. The van der Waals surface area contributed by atoms with Crippen molar-refractivity contribution in [1.82, 2.24) is 0 Å². The highest BCUT2D eigenvalue weighted by Crippen LogP contribution is 2.52. The van der Waals surface area contributed by atoms with Gasteiger partial charge in [0.2, 0.25) is 0 Å². The molecule has 0 amide bonds. The topological polar surface area (TPSA) is 20.3 Å². The minimum Gasteiger partial charge on any atom is -0.310 e. The van der Waals surface area contributed by atoms with Gasteiger partial charge < -0.3 is 9.46 Å². The van der Waals surface area contributed by atoms with Gasteiger partial charge in [-0.2, -0.15) is 0 Å². The van der Waals surface area contributed by atoms with Crippen molar-refractivity contribution in [3.05, 3.63) is 193 Å². The molecule has 49 heavy (non-hydrogen) atoms. The van der Waals surface area contributed by atoms with Crippen molar-refractivity contribution in [2.75, 3.05) is 4.90 Å². The molecule has 0 aliphatic carbocycles. The van der Waals surface area contributed by atoms with Crippen LogP contribution in [0.2, 0.25) is 0 Å². The van der Waals surface area contributed by atoms with Crippen LogP contribution in [0.3, 0.4) is 0 Å². The average molecular weight is 666 g/mol. The summed E-state index contributed by atoms with van der Waals surface area (Å²) in [5.41, 5.74) is 5.87. The summed E-state index contributed by atoms with van der Waals surface area (Å²) in [6, 6.07) is 65.1. The van der Waals surface area contributed by atoms with Crippen LogP contribution in [0.5, 0.6) is 0 Å². The van der Waals surface area contributed by atoms with Gasteiger partial charge in [0, 0.05) is 27.0 Å². The molecule has 2 heterocycles. The van der Waals surface area contributed by atoms with Gasteiger partial charge in [-0.1, -0.05) is 166 Å². The molecule has 4 heteroatoms. The molecule has 1 atom stereocenters. The van der Waals surface area contributed by atoms with E-state index in [0.29, 0.717) is 0 Å². The maximum absolute atomic E-state index is 16.2. The summed E-state index contributed by atoms with van der Waals surface area (Å²) < 4.78 is 16.2. The van der Waals surface area contributed by atoms with Crippen LogP contribution in [0.1, 0.15) is 25.0 Å². The molecule has 0 fully saturated rings. The van der Waals surface area contributed by atoms with Crippen LogP contribution in [0.4, 0.5) is 17.1 Å².